The molecule has 0 amide bonds. The minimum absolute atomic E-state index is 0.115. The fraction of sp³-hybridized carbons (Fsp3) is 0.462. The van der Waals surface area contributed by atoms with Crippen molar-refractivity contribution in [2.24, 2.45) is 11.8 Å². The summed E-state index contributed by atoms with van der Waals surface area (Å²) in [5.41, 5.74) is 0.839. The smallest absolute Gasteiger partial charge is 0.220 e. The molecule has 15 heavy (non-hydrogen) atoms. The Morgan fingerprint density at radius 2 is 1.87 bits per heavy atom. The predicted octanol–water partition coefficient (Wildman–Crippen LogP) is 2.27. The van der Waals surface area contributed by atoms with Crippen LogP contribution < -0.4 is 5.43 Å². The van der Waals surface area contributed by atoms with Crippen LogP contribution in [0.5, 0.6) is 5.75 Å². The summed E-state index contributed by atoms with van der Waals surface area (Å²) in [6.07, 6.45) is 3.87. The van der Waals surface area contributed by atoms with Crippen LogP contribution in [-0.2, 0) is 0 Å². The van der Waals surface area contributed by atoms with Crippen LogP contribution >= 0.6 is 0 Å². The van der Waals surface area contributed by atoms with Crippen LogP contribution in [-0.4, -0.2) is 5.11 Å². The van der Waals surface area contributed by atoms with Crippen molar-refractivity contribution in [1.82, 2.24) is 0 Å². The first-order chi connectivity index (χ1) is 7.24. The third-order valence-corrected chi connectivity index (χ3v) is 3.81. The Hall–Kier alpha value is -1.31. The molecule has 0 aromatic heterocycles. The van der Waals surface area contributed by atoms with Crippen molar-refractivity contribution in [1.29, 1.82) is 0 Å². The van der Waals surface area contributed by atoms with Gasteiger partial charge in [-0.2, -0.15) is 0 Å². The zero-order chi connectivity index (χ0) is 10.4. The molecule has 0 aliphatic heterocycles. The summed E-state index contributed by atoms with van der Waals surface area (Å²) in [5.74, 6) is 2.30. The lowest BCUT2D eigenvalue weighted by Crippen LogP contribution is -1.95. The van der Waals surface area contributed by atoms with E-state index in [4.69, 9.17) is 0 Å². The molecule has 1 N–H and O–H groups in total. The van der Waals surface area contributed by atoms with Gasteiger partial charge in [0.25, 0.3) is 0 Å². The van der Waals surface area contributed by atoms with Crippen molar-refractivity contribution >= 4 is 0 Å². The van der Waals surface area contributed by atoms with Gasteiger partial charge in [-0.05, 0) is 54.7 Å². The minimum Gasteiger partial charge on any atom is -0.504 e. The zero-order valence-electron chi connectivity index (χ0n) is 8.52. The van der Waals surface area contributed by atoms with E-state index in [1.54, 1.807) is 12.1 Å². The van der Waals surface area contributed by atoms with Crippen LogP contribution in [0.15, 0.2) is 29.1 Å². The molecule has 0 saturated heterocycles. The Morgan fingerprint density at radius 1 is 1.13 bits per heavy atom. The van der Waals surface area contributed by atoms with Gasteiger partial charge in [0.1, 0.15) is 0 Å². The van der Waals surface area contributed by atoms with Crippen LogP contribution in [0, 0.1) is 11.8 Å². The van der Waals surface area contributed by atoms with Crippen molar-refractivity contribution < 1.29 is 5.11 Å². The van der Waals surface area contributed by atoms with Crippen LogP contribution in [0.2, 0.25) is 0 Å². The summed E-state index contributed by atoms with van der Waals surface area (Å²) in [4.78, 5) is 11.2. The van der Waals surface area contributed by atoms with E-state index in [9.17, 15) is 9.90 Å². The number of fused-ring (bicyclic) bond motifs is 1. The standard InChI is InChI=1S/C13H14O2/c14-12-3-1-2-8(7-13(12)15)9-4-10-6-11(10)5-9/h1-3,7,9-11H,4-6H2,(H,14,15). The maximum absolute atomic E-state index is 11.2. The van der Waals surface area contributed by atoms with Crippen molar-refractivity contribution in [3.05, 3.63) is 40.1 Å². The third kappa shape index (κ3) is 1.54. The van der Waals surface area contributed by atoms with Crippen molar-refractivity contribution in [2.75, 3.05) is 0 Å². The van der Waals surface area contributed by atoms with E-state index in [-0.39, 0.29) is 11.2 Å². The molecule has 2 saturated carbocycles. The molecular weight excluding hydrogens is 188 g/mol. The molecule has 2 aliphatic carbocycles. The number of hydrogen-bond acceptors (Lipinski definition) is 2. The Labute approximate surface area is 88.6 Å². The highest BCUT2D eigenvalue weighted by Gasteiger charge is 2.45. The molecule has 0 radical (unpaired) electrons. The topological polar surface area (TPSA) is 37.3 Å². The molecule has 2 nitrogen and oxygen atoms in total. The molecule has 3 rings (SSSR count). The van der Waals surface area contributed by atoms with Gasteiger partial charge in [-0.15, -0.1) is 0 Å². The van der Waals surface area contributed by atoms with Gasteiger partial charge in [0, 0.05) is 0 Å². The zero-order valence-corrected chi connectivity index (χ0v) is 8.52. The summed E-state index contributed by atoms with van der Waals surface area (Å²) in [6.45, 7) is 0. The molecule has 2 aliphatic rings. The van der Waals surface area contributed by atoms with Gasteiger partial charge in [-0.25, -0.2) is 0 Å². The molecule has 78 valence electrons. The fourth-order valence-corrected chi connectivity index (χ4v) is 2.85. The number of rotatable bonds is 1. The normalized spacial score (nSPS) is 32.4. The Kier molecular flexibility index (Phi) is 1.84. The van der Waals surface area contributed by atoms with Crippen LogP contribution in [0.4, 0.5) is 0 Å². The Balaban J connectivity index is 1.95. The van der Waals surface area contributed by atoms with Crippen LogP contribution in [0.25, 0.3) is 0 Å². The average molecular weight is 202 g/mol. The van der Waals surface area contributed by atoms with E-state index >= 15 is 0 Å². The van der Waals surface area contributed by atoms with E-state index in [0.717, 1.165) is 17.4 Å². The van der Waals surface area contributed by atoms with Crippen LogP contribution in [0.3, 0.4) is 0 Å². The first kappa shape index (κ1) is 8.96. The fourth-order valence-electron chi connectivity index (χ4n) is 2.85. The lowest BCUT2D eigenvalue weighted by molar-refractivity contribution is 0.469. The van der Waals surface area contributed by atoms with Crippen molar-refractivity contribution in [2.45, 2.75) is 25.2 Å². The van der Waals surface area contributed by atoms with Gasteiger partial charge in [-0.3, -0.25) is 4.79 Å². The van der Waals surface area contributed by atoms with Gasteiger partial charge in [0.05, 0.1) is 0 Å². The summed E-state index contributed by atoms with van der Waals surface area (Å²) < 4.78 is 0. The molecule has 2 heteroatoms. The first-order valence-electron chi connectivity index (χ1n) is 5.57. The molecule has 2 atom stereocenters. The lowest BCUT2D eigenvalue weighted by atomic mass is 9.95. The van der Waals surface area contributed by atoms with Gasteiger partial charge in [-0.1, -0.05) is 12.1 Å². The first-order valence-corrected chi connectivity index (χ1v) is 5.57. The Bertz CT molecular complexity index is 443. The molecule has 1 aromatic carbocycles. The predicted molar refractivity (Wildman–Crippen MR) is 57.9 cm³/mol. The molecular formula is C13H14O2. The van der Waals surface area contributed by atoms with E-state index < -0.39 is 0 Å². The molecule has 0 spiro atoms. The summed E-state index contributed by atoms with van der Waals surface area (Å²) in [6, 6.07) is 6.80. The number of hydrogen-bond donors (Lipinski definition) is 1. The van der Waals surface area contributed by atoms with E-state index in [2.05, 4.69) is 0 Å². The second-order valence-corrected chi connectivity index (χ2v) is 4.84. The second-order valence-electron chi connectivity index (χ2n) is 4.84. The SMILES string of the molecule is O=c1cccc(C2CC3CC3C2)cc1O. The minimum atomic E-state index is -0.288. The largest absolute Gasteiger partial charge is 0.504 e. The lowest BCUT2D eigenvalue weighted by Gasteiger charge is -2.09. The maximum Gasteiger partial charge on any atom is 0.220 e. The third-order valence-electron chi connectivity index (χ3n) is 3.81. The molecule has 1 aromatic rings. The van der Waals surface area contributed by atoms with Gasteiger partial charge in [0.2, 0.25) is 5.43 Å². The van der Waals surface area contributed by atoms with E-state index in [0.29, 0.717) is 5.92 Å². The van der Waals surface area contributed by atoms with Gasteiger partial charge < -0.3 is 5.11 Å². The quantitative estimate of drug-likeness (QED) is 0.758. The number of aromatic hydroxyl groups is 1. The van der Waals surface area contributed by atoms with Crippen molar-refractivity contribution in [3.63, 3.8) is 0 Å². The second kappa shape index (κ2) is 3.09. The van der Waals surface area contributed by atoms with Gasteiger partial charge >= 0.3 is 0 Å². The van der Waals surface area contributed by atoms with E-state index in [1.807, 2.05) is 6.07 Å². The van der Waals surface area contributed by atoms with Gasteiger partial charge in [0.15, 0.2) is 5.75 Å². The Morgan fingerprint density at radius 3 is 2.60 bits per heavy atom. The highest BCUT2D eigenvalue weighted by Crippen LogP contribution is 2.57. The highest BCUT2D eigenvalue weighted by molar-refractivity contribution is 5.29. The summed E-state index contributed by atoms with van der Waals surface area (Å²) in [5, 5.41) is 9.49. The summed E-state index contributed by atoms with van der Waals surface area (Å²) >= 11 is 0. The average Bonchev–Trinajstić information content (AvgIpc) is 2.87. The molecule has 0 heterocycles. The molecule has 2 fully saturated rings. The highest BCUT2D eigenvalue weighted by atomic mass is 16.3. The van der Waals surface area contributed by atoms with Crippen molar-refractivity contribution in [3.8, 4) is 5.75 Å². The van der Waals surface area contributed by atoms with E-state index in [1.165, 1.54) is 25.3 Å². The summed E-state index contributed by atoms with van der Waals surface area (Å²) in [7, 11) is 0. The molecule has 2 unspecified atom stereocenters. The van der Waals surface area contributed by atoms with Crippen LogP contribution in [0.1, 0.15) is 30.7 Å². The maximum atomic E-state index is 11.2. The monoisotopic (exact) mass is 202 g/mol. The molecule has 0 bridgehead atoms.